The molecular weight excluding hydrogens is 446 g/mol. The Hall–Kier alpha value is -2.91. The second-order valence-corrected chi connectivity index (χ2v) is 10.3. The Bertz CT molecular complexity index is 1130. The average Bonchev–Trinajstić information content (AvgIpc) is 3.48. The number of anilines is 4. The third-order valence-electron chi connectivity index (χ3n) is 7.43. The first-order chi connectivity index (χ1) is 16.7. The van der Waals surface area contributed by atoms with Crippen LogP contribution in [-0.4, -0.2) is 52.8 Å². The Morgan fingerprint density at radius 1 is 1.31 bits per heavy atom. The van der Waals surface area contributed by atoms with Crippen LogP contribution in [0.4, 0.5) is 23.1 Å². The summed E-state index contributed by atoms with van der Waals surface area (Å²) in [6.45, 7) is 6.10. The predicted molar refractivity (Wildman–Crippen MR) is 134 cm³/mol. The van der Waals surface area contributed by atoms with Crippen molar-refractivity contribution in [3.63, 3.8) is 0 Å². The lowest BCUT2D eigenvalue weighted by Gasteiger charge is -2.43. The number of amides is 1. The average molecular weight is 482 g/mol. The van der Waals surface area contributed by atoms with E-state index >= 15 is 0 Å². The number of nitrogens with zero attached hydrogens (tertiary/aromatic N) is 4. The van der Waals surface area contributed by atoms with Crippen molar-refractivity contribution in [3.05, 3.63) is 29.5 Å². The van der Waals surface area contributed by atoms with E-state index in [0.717, 1.165) is 42.0 Å². The third kappa shape index (κ3) is 4.10. The molecule has 0 spiro atoms. The molecule has 1 aromatic heterocycles. The number of methoxy groups -OCH3 is 1. The summed E-state index contributed by atoms with van der Waals surface area (Å²) in [7, 11) is 3.28. The standard InChI is InChI=1S/C26H35N5O4/c1-6-19-23(32)30(4)20-14-27-25(29-22(20)31(19)15-9-7-8-10-15)28-18-12-11-16(24(33)34-5)17-13-26(2,3)35-21(17)18/h11-12,14-15,19,24,33H,6-10,13H2,1-5H3,(H,27,28,29). The maximum absolute atomic E-state index is 13.1. The van der Waals surface area contributed by atoms with Crippen molar-refractivity contribution in [2.75, 3.05) is 29.3 Å². The second kappa shape index (κ2) is 8.95. The van der Waals surface area contributed by atoms with E-state index in [2.05, 4.69) is 22.1 Å². The highest BCUT2D eigenvalue weighted by molar-refractivity contribution is 6.04. The van der Waals surface area contributed by atoms with Crippen molar-refractivity contribution < 1.29 is 19.4 Å². The first-order valence-electron chi connectivity index (χ1n) is 12.5. The fourth-order valence-corrected chi connectivity index (χ4v) is 5.70. The normalized spacial score (nSPS) is 22.1. The van der Waals surface area contributed by atoms with Crippen LogP contribution in [0, 0.1) is 0 Å². The molecule has 3 heterocycles. The van der Waals surface area contributed by atoms with Crippen LogP contribution in [0.3, 0.4) is 0 Å². The van der Waals surface area contributed by atoms with Crippen LogP contribution >= 0.6 is 0 Å². The molecule has 0 saturated heterocycles. The fourth-order valence-electron chi connectivity index (χ4n) is 5.70. The van der Waals surface area contributed by atoms with Gasteiger partial charge in [0.15, 0.2) is 12.1 Å². The molecule has 9 nitrogen and oxygen atoms in total. The topological polar surface area (TPSA) is 100 Å². The predicted octanol–water partition coefficient (Wildman–Crippen LogP) is 4.08. The van der Waals surface area contributed by atoms with E-state index in [4.69, 9.17) is 14.5 Å². The minimum Gasteiger partial charge on any atom is -0.485 e. The number of carbonyl (C=O) groups excluding carboxylic acids is 1. The van der Waals surface area contributed by atoms with Crippen molar-refractivity contribution in [2.45, 2.75) is 83.3 Å². The summed E-state index contributed by atoms with van der Waals surface area (Å²) in [6.07, 6.45) is 6.57. The van der Waals surface area contributed by atoms with Gasteiger partial charge in [0.25, 0.3) is 0 Å². The van der Waals surface area contributed by atoms with Gasteiger partial charge in [0.05, 0.1) is 11.9 Å². The highest BCUT2D eigenvalue weighted by Crippen LogP contribution is 2.45. The van der Waals surface area contributed by atoms with Crippen LogP contribution in [0.2, 0.25) is 0 Å². The summed E-state index contributed by atoms with van der Waals surface area (Å²) in [5, 5.41) is 13.7. The molecule has 1 fully saturated rings. The molecule has 2 aliphatic heterocycles. The molecule has 1 amide bonds. The summed E-state index contributed by atoms with van der Waals surface area (Å²) in [6, 6.07) is 3.80. The molecule has 2 N–H and O–H groups in total. The first-order valence-corrected chi connectivity index (χ1v) is 12.5. The largest absolute Gasteiger partial charge is 0.485 e. The van der Waals surface area contributed by atoms with Crippen molar-refractivity contribution >= 4 is 29.0 Å². The smallest absolute Gasteiger partial charge is 0.249 e. The zero-order chi connectivity index (χ0) is 24.9. The lowest BCUT2D eigenvalue weighted by molar-refractivity contribution is -0.120. The van der Waals surface area contributed by atoms with Gasteiger partial charge in [-0.05, 0) is 39.2 Å². The molecule has 3 aliphatic rings. The maximum Gasteiger partial charge on any atom is 0.249 e. The molecule has 188 valence electrons. The quantitative estimate of drug-likeness (QED) is 0.596. The lowest BCUT2D eigenvalue weighted by atomic mass is 9.96. The molecule has 0 radical (unpaired) electrons. The number of fused-ring (bicyclic) bond motifs is 2. The molecule has 1 aromatic carbocycles. The van der Waals surface area contributed by atoms with Gasteiger partial charge in [0, 0.05) is 37.7 Å². The zero-order valence-corrected chi connectivity index (χ0v) is 21.2. The third-order valence-corrected chi connectivity index (χ3v) is 7.43. The Kier molecular flexibility index (Phi) is 6.09. The molecule has 2 aromatic rings. The number of aliphatic hydroxyl groups is 1. The van der Waals surface area contributed by atoms with Crippen molar-refractivity contribution in [1.82, 2.24) is 9.97 Å². The number of hydrogen-bond acceptors (Lipinski definition) is 8. The second-order valence-electron chi connectivity index (χ2n) is 10.3. The van der Waals surface area contributed by atoms with Gasteiger partial charge in [-0.25, -0.2) is 4.98 Å². The summed E-state index contributed by atoms with van der Waals surface area (Å²) in [5.41, 5.74) is 2.67. The van der Waals surface area contributed by atoms with Gasteiger partial charge in [-0.3, -0.25) is 4.79 Å². The number of carbonyl (C=O) groups is 1. The van der Waals surface area contributed by atoms with Crippen LogP contribution in [-0.2, 0) is 16.0 Å². The van der Waals surface area contributed by atoms with E-state index in [1.54, 1.807) is 18.1 Å². The van der Waals surface area contributed by atoms with Crippen LogP contribution in [0.25, 0.3) is 0 Å². The molecule has 2 unspecified atom stereocenters. The van der Waals surface area contributed by atoms with E-state index in [1.807, 2.05) is 26.0 Å². The van der Waals surface area contributed by atoms with Gasteiger partial charge in [0.1, 0.15) is 23.1 Å². The number of rotatable bonds is 6. The molecule has 1 saturated carbocycles. The van der Waals surface area contributed by atoms with Gasteiger partial charge in [0.2, 0.25) is 11.9 Å². The summed E-state index contributed by atoms with van der Waals surface area (Å²) < 4.78 is 11.4. The van der Waals surface area contributed by atoms with Crippen molar-refractivity contribution in [1.29, 1.82) is 0 Å². The molecule has 5 rings (SSSR count). The molecule has 2 atom stereocenters. The molecule has 9 heteroatoms. The highest BCUT2D eigenvalue weighted by atomic mass is 16.6. The van der Waals surface area contributed by atoms with Crippen LogP contribution < -0.4 is 19.9 Å². The van der Waals surface area contributed by atoms with E-state index in [-0.39, 0.29) is 11.9 Å². The highest BCUT2D eigenvalue weighted by Gasteiger charge is 2.41. The summed E-state index contributed by atoms with van der Waals surface area (Å²) in [4.78, 5) is 26.5. The minimum absolute atomic E-state index is 0.0944. The number of aromatic nitrogens is 2. The Morgan fingerprint density at radius 2 is 2.06 bits per heavy atom. The SMILES string of the molecule is CCC1C(=O)N(C)c2cnc(Nc3ccc(C(O)OC)c4c3OC(C)(C)C4)nc2N1C1CCCC1. The molecular formula is C26H35N5O4. The van der Waals surface area contributed by atoms with Crippen molar-refractivity contribution in [3.8, 4) is 5.75 Å². The number of aliphatic hydroxyl groups excluding tert-OH is 1. The Morgan fingerprint density at radius 3 is 2.74 bits per heavy atom. The minimum atomic E-state index is -1.02. The van der Waals surface area contributed by atoms with Crippen molar-refractivity contribution in [2.24, 2.45) is 0 Å². The number of likely N-dealkylation sites (N-methyl/N-ethyl adjacent to an activating group) is 1. The summed E-state index contributed by atoms with van der Waals surface area (Å²) >= 11 is 0. The number of ether oxygens (including phenoxy) is 2. The van der Waals surface area contributed by atoms with Crippen LogP contribution in [0.15, 0.2) is 18.3 Å². The Labute approximate surface area is 206 Å². The van der Waals surface area contributed by atoms with E-state index in [0.29, 0.717) is 29.7 Å². The van der Waals surface area contributed by atoms with E-state index in [9.17, 15) is 9.90 Å². The van der Waals surface area contributed by atoms with Crippen LogP contribution in [0.1, 0.15) is 70.3 Å². The first kappa shape index (κ1) is 23.8. The van der Waals surface area contributed by atoms with Gasteiger partial charge >= 0.3 is 0 Å². The zero-order valence-electron chi connectivity index (χ0n) is 21.2. The number of benzene rings is 1. The van der Waals surface area contributed by atoms with E-state index in [1.165, 1.54) is 20.0 Å². The molecule has 35 heavy (non-hydrogen) atoms. The van der Waals surface area contributed by atoms with Crippen LogP contribution in [0.5, 0.6) is 5.75 Å². The maximum atomic E-state index is 13.1. The number of hydrogen-bond donors (Lipinski definition) is 2. The summed E-state index contributed by atoms with van der Waals surface area (Å²) in [5.74, 6) is 2.01. The van der Waals surface area contributed by atoms with Gasteiger partial charge in [-0.1, -0.05) is 25.8 Å². The van der Waals surface area contributed by atoms with E-state index < -0.39 is 11.9 Å². The van der Waals surface area contributed by atoms with Gasteiger partial charge < -0.3 is 29.7 Å². The lowest BCUT2D eigenvalue weighted by Crippen LogP contribution is -2.55. The molecule has 1 aliphatic carbocycles. The fraction of sp³-hybridized carbons (Fsp3) is 0.577. The van der Waals surface area contributed by atoms with Gasteiger partial charge in [-0.2, -0.15) is 4.98 Å². The van der Waals surface area contributed by atoms with Gasteiger partial charge in [-0.15, -0.1) is 0 Å². The number of nitrogens with one attached hydrogen (secondary N) is 1. The Balaban J connectivity index is 1.53. The monoisotopic (exact) mass is 481 g/mol. The molecule has 0 bridgehead atoms.